The summed E-state index contributed by atoms with van der Waals surface area (Å²) in [4.78, 5) is 14.2. The molecule has 0 spiro atoms. The Morgan fingerprint density at radius 3 is 2.68 bits per heavy atom. The van der Waals surface area contributed by atoms with Crippen molar-refractivity contribution in [1.82, 2.24) is 14.7 Å². The topological polar surface area (TPSA) is 61.9 Å². The fourth-order valence-corrected chi connectivity index (χ4v) is 2.18. The molecule has 0 unspecified atom stereocenters. The van der Waals surface area contributed by atoms with Gasteiger partial charge in [-0.2, -0.15) is 10.4 Å². The lowest BCUT2D eigenvalue weighted by Gasteiger charge is -2.18. The van der Waals surface area contributed by atoms with Gasteiger partial charge in [0.05, 0.1) is 11.1 Å². The minimum absolute atomic E-state index is 0.0208. The van der Waals surface area contributed by atoms with Gasteiger partial charge >= 0.3 is 0 Å². The number of aromatic nitrogens is 2. The van der Waals surface area contributed by atoms with Crippen LogP contribution in [0.4, 0.5) is 0 Å². The molecule has 0 atom stereocenters. The van der Waals surface area contributed by atoms with Crippen molar-refractivity contribution in [3.8, 4) is 6.07 Å². The molecule has 0 fully saturated rings. The third kappa shape index (κ3) is 2.17. The molecule has 19 heavy (non-hydrogen) atoms. The van der Waals surface area contributed by atoms with Gasteiger partial charge in [-0.05, 0) is 26.0 Å². The summed E-state index contributed by atoms with van der Waals surface area (Å²) in [6.07, 6.45) is 1.78. The van der Waals surface area contributed by atoms with Crippen LogP contribution in [0.15, 0.2) is 18.3 Å². The van der Waals surface area contributed by atoms with Crippen LogP contribution in [0.1, 0.15) is 29.8 Å². The molecule has 0 radical (unpaired) electrons. The number of carbonyl (C=O) groups is 1. The molecule has 2 rings (SSSR count). The van der Waals surface area contributed by atoms with Crippen molar-refractivity contribution >= 4 is 16.8 Å². The molecule has 0 saturated carbocycles. The van der Waals surface area contributed by atoms with Crippen molar-refractivity contribution < 1.29 is 4.79 Å². The van der Waals surface area contributed by atoms with Crippen molar-refractivity contribution in [2.24, 2.45) is 7.05 Å². The van der Waals surface area contributed by atoms with E-state index in [0.717, 1.165) is 5.39 Å². The van der Waals surface area contributed by atoms with Crippen LogP contribution < -0.4 is 0 Å². The number of fused-ring (bicyclic) bond motifs is 1. The van der Waals surface area contributed by atoms with Crippen LogP contribution in [0, 0.1) is 11.3 Å². The van der Waals surface area contributed by atoms with Crippen molar-refractivity contribution in [2.75, 3.05) is 13.1 Å². The Labute approximate surface area is 112 Å². The van der Waals surface area contributed by atoms with E-state index in [-0.39, 0.29) is 5.91 Å². The molecule has 1 heterocycles. The van der Waals surface area contributed by atoms with Gasteiger partial charge in [-0.1, -0.05) is 0 Å². The Morgan fingerprint density at radius 1 is 1.42 bits per heavy atom. The smallest absolute Gasteiger partial charge is 0.254 e. The lowest BCUT2D eigenvalue weighted by atomic mass is 10.1. The monoisotopic (exact) mass is 256 g/mol. The lowest BCUT2D eigenvalue weighted by molar-refractivity contribution is 0.0775. The zero-order valence-electron chi connectivity index (χ0n) is 11.3. The second-order valence-corrected chi connectivity index (χ2v) is 4.31. The number of amides is 1. The zero-order chi connectivity index (χ0) is 14.0. The first-order valence-electron chi connectivity index (χ1n) is 6.28. The molecule has 0 N–H and O–H groups in total. The molecule has 0 aliphatic heterocycles. The van der Waals surface area contributed by atoms with Gasteiger partial charge in [0.15, 0.2) is 0 Å². The Kier molecular flexibility index (Phi) is 3.52. The minimum atomic E-state index is -0.0208. The summed E-state index contributed by atoms with van der Waals surface area (Å²) in [7, 11) is 1.78. The number of nitrogens with zero attached hydrogens (tertiary/aromatic N) is 4. The van der Waals surface area contributed by atoms with E-state index in [9.17, 15) is 4.79 Å². The molecule has 0 bridgehead atoms. The van der Waals surface area contributed by atoms with Crippen LogP contribution in [0.3, 0.4) is 0 Å². The van der Waals surface area contributed by atoms with Gasteiger partial charge in [0, 0.05) is 31.7 Å². The second kappa shape index (κ2) is 5.11. The first kappa shape index (κ1) is 13.1. The van der Waals surface area contributed by atoms with Gasteiger partial charge in [-0.25, -0.2) is 0 Å². The molecule has 5 nitrogen and oxygen atoms in total. The van der Waals surface area contributed by atoms with Crippen LogP contribution in [0.25, 0.3) is 10.9 Å². The number of aryl methyl sites for hydroxylation is 1. The van der Waals surface area contributed by atoms with E-state index in [1.165, 1.54) is 0 Å². The molecular weight excluding hydrogens is 240 g/mol. The Hall–Kier alpha value is -2.35. The largest absolute Gasteiger partial charge is 0.339 e. The standard InChI is InChI=1S/C14H16N4O/c1-4-18(5-2)14(19)11-7-6-10(8-15)13-12(11)9-17(3)16-13/h6-7,9H,4-5H2,1-3H3. The fourth-order valence-electron chi connectivity index (χ4n) is 2.18. The number of nitriles is 1. The lowest BCUT2D eigenvalue weighted by Crippen LogP contribution is -2.30. The Morgan fingerprint density at radius 2 is 2.11 bits per heavy atom. The molecule has 0 aliphatic rings. The molecule has 0 saturated heterocycles. The Balaban J connectivity index is 2.63. The van der Waals surface area contributed by atoms with E-state index in [0.29, 0.717) is 29.7 Å². The third-order valence-electron chi connectivity index (χ3n) is 3.19. The predicted octanol–water partition coefficient (Wildman–Crippen LogP) is 1.93. The predicted molar refractivity (Wildman–Crippen MR) is 72.7 cm³/mol. The van der Waals surface area contributed by atoms with Gasteiger partial charge < -0.3 is 4.90 Å². The summed E-state index contributed by atoms with van der Waals surface area (Å²) < 4.78 is 1.63. The average molecular weight is 256 g/mol. The minimum Gasteiger partial charge on any atom is -0.339 e. The molecule has 1 aromatic carbocycles. The quantitative estimate of drug-likeness (QED) is 0.843. The van der Waals surface area contributed by atoms with Crippen molar-refractivity contribution in [2.45, 2.75) is 13.8 Å². The maximum absolute atomic E-state index is 12.4. The van der Waals surface area contributed by atoms with Gasteiger partial charge in [-0.15, -0.1) is 0 Å². The summed E-state index contributed by atoms with van der Waals surface area (Å²) in [6, 6.07) is 5.48. The summed E-state index contributed by atoms with van der Waals surface area (Å²) in [5.41, 5.74) is 1.68. The van der Waals surface area contributed by atoms with Crippen molar-refractivity contribution in [3.05, 3.63) is 29.5 Å². The molecule has 0 aliphatic carbocycles. The van der Waals surface area contributed by atoms with Crippen molar-refractivity contribution in [1.29, 1.82) is 5.26 Å². The van der Waals surface area contributed by atoms with E-state index < -0.39 is 0 Å². The first-order valence-corrected chi connectivity index (χ1v) is 6.28. The summed E-state index contributed by atoms with van der Waals surface area (Å²) in [5.74, 6) is -0.0208. The molecule has 98 valence electrons. The third-order valence-corrected chi connectivity index (χ3v) is 3.19. The van der Waals surface area contributed by atoms with Crippen LogP contribution >= 0.6 is 0 Å². The maximum Gasteiger partial charge on any atom is 0.254 e. The molecular formula is C14H16N4O. The SMILES string of the molecule is CCN(CC)C(=O)c1ccc(C#N)c2nn(C)cc12. The molecule has 5 heteroatoms. The normalized spacial score (nSPS) is 10.4. The van der Waals surface area contributed by atoms with Crippen LogP contribution in [-0.2, 0) is 7.05 Å². The van der Waals surface area contributed by atoms with Crippen LogP contribution in [0.5, 0.6) is 0 Å². The van der Waals surface area contributed by atoms with E-state index in [2.05, 4.69) is 11.2 Å². The zero-order valence-corrected chi connectivity index (χ0v) is 11.3. The van der Waals surface area contributed by atoms with E-state index in [1.54, 1.807) is 35.0 Å². The molecule has 2 aromatic rings. The van der Waals surface area contributed by atoms with Gasteiger partial charge in [-0.3, -0.25) is 9.48 Å². The van der Waals surface area contributed by atoms with Crippen molar-refractivity contribution in [3.63, 3.8) is 0 Å². The second-order valence-electron chi connectivity index (χ2n) is 4.31. The van der Waals surface area contributed by atoms with E-state index in [1.807, 2.05) is 13.8 Å². The highest BCUT2D eigenvalue weighted by atomic mass is 16.2. The number of hydrogen-bond donors (Lipinski definition) is 0. The molecule has 1 aromatic heterocycles. The highest BCUT2D eigenvalue weighted by Crippen LogP contribution is 2.22. The van der Waals surface area contributed by atoms with Crippen LogP contribution in [-0.4, -0.2) is 33.7 Å². The van der Waals surface area contributed by atoms with E-state index >= 15 is 0 Å². The number of benzene rings is 1. The summed E-state index contributed by atoms with van der Waals surface area (Å²) in [5, 5.41) is 14.1. The number of carbonyl (C=O) groups excluding carboxylic acids is 1. The van der Waals surface area contributed by atoms with E-state index in [4.69, 9.17) is 5.26 Å². The average Bonchev–Trinajstić information content (AvgIpc) is 2.80. The van der Waals surface area contributed by atoms with Gasteiger partial charge in [0.2, 0.25) is 0 Å². The first-order chi connectivity index (χ1) is 9.12. The van der Waals surface area contributed by atoms with Gasteiger partial charge in [0.25, 0.3) is 5.91 Å². The Bertz CT molecular complexity index is 662. The number of rotatable bonds is 3. The highest BCUT2D eigenvalue weighted by Gasteiger charge is 2.18. The fraction of sp³-hybridized carbons (Fsp3) is 0.357. The van der Waals surface area contributed by atoms with Gasteiger partial charge in [0.1, 0.15) is 11.6 Å². The summed E-state index contributed by atoms with van der Waals surface area (Å²) >= 11 is 0. The molecule has 1 amide bonds. The maximum atomic E-state index is 12.4. The number of hydrogen-bond acceptors (Lipinski definition) is 3. The van der Waals surface area contributed by atoms with Crippen LogP contribution in [0.2, 0.25) is 0 Å². The summed E-state index contributed by atoms with van der Waals surface area (Å²) in [6.45, 7) is 5.23. The highest BCUT2D eigenvalue weighted by molar-refractivity contribution is 6.07.